The largest absolute Gasteiger partial charge is 0.466 e. The fourth-order valence-corrected chi connectivity index (χ4v) is 11.1. The van der Waals surface area contributed by atoms with Crippen molar-refractivity contribution in [1.82, 2.24) is 5.32 Å². The molecule has 75 heavy (non-hydrogen) atoms. The number of amides is 1. The van der Waals surface area contributed by atoms with Gasteiger partial charge in [0.05, 0.1) is 25.4 Å². The van der Waals surface area contributed by atoms with E-state index in [0.29, 0.717) is 25.9 Å². The van der Waals surface area contributed by atoms with Gasteiger partial charge in [-0.15, -0.1) is 0 Å². The summed E-state index contributed by atoms with van der Waals surface area (Å²) in [5, 5.41) is 23.2. The molecule has 2 unspecified atom stereocenters. The van der Waals surface area contributed by atoms with Crippen molar-refractivity contribution in [2.45, 2.75) is 405 Å². The average molecular weight is 1060 g/mol. The van der Waals surface area contributed by atoms with Crippen molar-refractivity contribution in [1.29, 1.82) is 0 Å². The van der Waals surface area contributed by atoms with E-state index in [-0.39, 0.29) is 18.5 Å². The molecule has 0 saturated heterocycles. The second-order valence-electron chi connectivity index (χ2n) is 23.9. The van der Waals surface area contributed by atoms with Crippen molar-refractivity contribution < 1.29 is 24.5 Å². The summed E-state index contributed by atoms with van der Waals surface area (Å²) in [4.78, 5) is 24.6. The number of hydrogen-bond acceptors (Lipinski definition) is 5. The zero-order valence-corrected chi connectivity index (χ0v) is 51.1. The summed E-state index contributed by atoms with van der Waals surface area (Å²) >= 11 is 0. The molecule has 6 nitrogen and oxygen atoms in total. The van der Waals surface area contributed by atoms with Crippen molar-refractivity contribution >= 4 is 11.9 Å². The number of rotatable bonds is 65. The van der Waals surface area contributed by atoms with Crippen molar-refractivity contribution in [2.24, 2.45) is 0 Å². The van der Waals surface area contributed by atoms with E-state index in [1.807, 2.05) is 0 Å². The van der Waals surface area contributed by atoms with E-state index >= 15 is 0 Å². The highest BCUT2D eigenvalue weighted by Crippen LogP contribution is 2.19. The Morgan fingerprint density at radius 2 is 0.627 bits per heavy atom. The van der Waals surface area contributed by atoms with Gasteiger partial charge < -0.3 is 20.3 Å². The van der Waals surface area contributed by atoms with E-state index in [1.165, 1.54) is 321 Å². The molecule has 0 bridgehead atoms. The molecule has 6 heteroatoms. The molecular weight excluding hydrogens is 923 g/mol. The molecule has 3 N–H and O–H groups in total. The lowest BCUT2D eigenvalue weighted by Gasteiger charge is -2.22. The number of aliphatic hydroxyl groups excluding tert-OH is 2. The van der Waals surface area contributed by atoms with Crippen molar-refractivity contribution in [3.8, 4) is 0 Å². The number of hydrogen-bond donors (Lipinski definition) is 3. The number of nitrogens with one attached hydrogen (secondary N) is 1. The number of allylic oxidation sites excluding steroid dienone is 2. The number of aliphatic hydroxyl groups is 2. The van der Waals surface area contributed by atoms with Crippen LogP contribution in [0.5, 0.6) is 0 Å². The molecular formula is C69H135NO5. The maximum Gasteiger partial charge on any atom is 0.305 e. The van der Waals surface area contributed by atoms with Gasteiger partial charge in [-0.3, -0.25) is 9.59 Å². The Morgan fingerprint density at radius 3 is 0.947 bits per heavy atom. The SMILES string of the molecule is CCCCCCCC/C=C\CCCCCCCCCCCC(=O)OCCCCCCCCCCCCCCCCCCCCCCCCCCCCCCC(=O)NC(CO)C(O)CCCCCCCCCCCCC. The Kier molecular flexibility index (Phi) is 63.9. The first-order chi connectivity index (χ1) is 37.0. The minimum absolute atomic E-state index is 0.0192. The molecule has 0 heterocycles. The molecule has 0 aliphatic carbocycles. The van der Waals surface area contributed by atoms with Gasteiger partial charge in [-0.25, -0.2) is 0 Å². The van der Waals surface area contributed by atoms with Crippen LogP contribution in [-0.4, -0.2) is 47.4 Å². The molecule has 0 rings (SSSR count). The fraction of sp³-hybridized carbons (Fsp3) is 0.942. The highest BCUT2D eigenvalue weighted by atomic mass is 16.5. The second-order valence-corrected chi connectivity index (χ2v) is 23.9. The highest BCUT2D eigenvalue weighted by Gasteiger charge is 2.20. The summed E-state index contributed by atoms with van der Waals surface area (Å²) in [6, 6.07) is -0.537. The van der Waals surface area contributed by atoms with Gasteiger partial charge in [-0.05, 0) is 51.4 Å². The molecule has 0 aliphatic heterocycles. The predicted octanol–water partition coefficient (Wildman–Crippen LogP) is 22.0. The van der Waals surface area contributed by atoms with E-state index in [4.69, 9.17) is 4.74 Å². The second kappa shape index (κ2) is 65.1. The summed E-state index contributed by atoms with van der Waals surface area (Å²) in [5.41, 5.74) is 0. The maximum absolute atomic E-state index is 12.5. The molecule has 0 spiro atoms. The molecule has 446 valence electrons. The Labute approximate surface area is 469 Å². The lowest BCUT2D eigenvalue weighted by atomic mass is 10.0. The van der Waals surface area contributed by atoms with Gasteiger partial charge in [0.25, 0.3) is 0 Å². The number of esters is 1. The van der Waals surface area contributed by atoms with Crippen LogP contribution in [-0.2, 0) is 14.3 Å². The minimum Gasteiger partial charge on any atom is -0.466 e. The molecule has 0 aliphatic rings. The van der Waals surface area contributed by atoms with E-state index in [9.17, 15) is 19.8 Å². The number of ether oxygens (including phenoxy) is 1. The average Bonchev–Trinajstić information content (AvgIpc) is 3.41. The van der Waals surface area contributed by atoms with Gasteiger partial charge in [0.1, 0.15) is 0 Å². The fourth-order valence-electron chi connectivity index (χ4n) is 11.1. The third-order valence-corrected chi connectivity index (χ3v) is 16.3. The van der Waals surface area contributed by atoms with E-state index in [2.05, 4.69) is 31.3 Å². The zero-order valence-electron chi connectivity index (χ0n) is 51.1. The van der Waals surface area contributed by atoms with Crippen LogP contribution in [0, 0.1) is 0 Å². The van der Waals surface area contributed by atoms with Crippen LogP contribution >= 0.6 is 0 Å². The maximum atomic E-state index is 12.5. The Hall–Kier alpha value is -1.40. The van der Waals surface area contributed by atoms with E-state index < -0.39 is 12.1 Å². The van der Waals surface area contributed by atoms with Crippen molar-refractivity contribution in [3.05, 3.63) is 12.2 Å². The van der Waals surface area contributed by atoms with Gasteiger partial charge in [0.2, 0.25) is 5.91 Å². The van der Waals surface area contributed by atoms with Crippen LogP contribution in [0.3, 0.4) is 0 Å². The van der Waals surface area contributed by atoms with Crippen LogP contribution in [0.2, 0.25) is 0 Å². The lowest BCUT2D eigenvalue weighted by molar-refractivity contribution is -0.143. The molecule has 2 atom stereocenters. The first kappa shape index (κ1) is 73.6. The summed E-state index contributed by atoms with van der Waals surface area (Å²) < 4.78 is 5.51. The first-order valence-electron chi connectivity index (χ1n) is 34.4. The van der Waals surface area contributed by atoms with Gasteiger partial charge in [0.15, 0.2) is 0 Å². The summed E-state index contributed by atoms with van der Waals surface area (Å²) in [6.07, 6.45) is 79.8. The number of unbranched alkanes of at least 4 members (excludes halogenated alkanes) is 52. The van der Waals surface area contributed by atoms with E-state index in [0.717, 1.165) is 38.5 Å². The molecule has 0 radical (unpaired) electrons. The third kappa shape index (κ3) is 61.7. The summed E-state index contributed by atoms with van der Waals surface area (Å²) in [7, 11) is 0. The molecule has 1 amide bonds. The van der Waals surface area contributed by atoms with Crippen molar-refractivity contribution in [3.63, 3.8) is 0 Å². The Morgan fingerprint density at radius 1 is 0.360 bits per heavy atom. The Balaban J connectivity index is 3.30. The third-order valence-electron chi connectivity index (χ3n) is 16.3. The lowest BCUT2D eigenvalue weighted by Crippen LogP contribution is -2.45. The molecule has 0 fully saturated rings. The summed E-state index contributed by atoms with van der Waals surface area (Å²) in [5.74, 6) is -0.0115. The number of carbonyl (C=O) groups excluding carboxylic acids is 2. The number of carbonyl (C=O) groups is 2. The minimum atomic E-state index is -0.660. The molecule has 0 aromatic rings. The normalized spacial score (nSPS) is 12.5. The standard InChI is InChI=1S/C69H135NO5/c1-3-5-7-9-11-13-15-16-17-18-29-33-36-39-43-47-51-55-59-63-69(74)75-64-60-56-52-48-44-40-37-34-31-28-26-24-22-20-19-21-23-25-27-30-32-35-38-42-46-50-54-58-62-68(73)70-66(65-71)67(72)61-57-53-49-45-41-14-12-10-8-6-4-2/h16-17,66-67,71-72H,3-15,18-65H2,1-2H3,(H,70,73)/b17-16-. The van der Waals surface area contributed by atoms with Gasteiger partial charge >= 0.3 is 5.97 Å². The van der Waals surface area contributed by atoms with Crippen LogP contribution in [0.25, 0.3) is 0 Å². The zero-order chi connectivity index (χ0) is 54.3. The quantitative estimate of drug-likeness (QED) is 0.0320. The molecule has 0 saturated carbocycles. The van der Waals surface area contributed by atoms with E-state index in [1.54, 1.807) is 0 Å². The van der Waals surface area contributed by atoms with Crippen LogP contribution in [0.15, 0.2) is 12.2 Å². The monoisotopic (exact) mass is 1060 g/mol. The van der Waals surface area contributed by atoms with Crippen LogP contribution < -0.4 is 5.32 Å². The van der Waals surface area contributed by atoms with Crippen LogP contribution in [0.4, 0.5) is 0 Å². The predicted molar refractivity (Wildman–Crippen MR) is 329 cm³/mol. The van der Waals surface area contributed by atoms with Crippen molar-refractivity contribution in [2.75, 3.05) is 13.2 Å². The molecule has 0 aromatic heterocycles. The Bertz CT molecular complexity index is 1130. The van der Waals surface area contributed by atoms with Gasteiger partial charge in [-0.2, -0.15) is 0 Å². The van der Waals surface area contributed by atoms with Gasteiger partial charge in [-0.1, -0.05) is 341 Å². The first-order valence-corrected chi connectivity index (χ1v) is 34.4. The van der Waals surface area contributed by atoms with Crippen LogP contribution in [0.1, 0.15) is 393 Å². The highest BCUT2D eigenvalue weighted by molar-refractivity contribution is 5.76. The van der Waals surface area contributed by atoms with Gasteiger partial charge in [0, 0.05) is 12.8 Å². The molecule has 0 aromatic carbocycles. The topological polar surface area (TPSA) is 95.9 Å². The smallest absolute Gasteiger partial charge is 0.305 e. The summed E-state index contributed by atoms with van der Waals surface area (Å²) in [6.45, 7) is 4.97.